The van der Waals surface area contributed by atoms with Gasteiger partial charge in [0.05, 0.1) is 23.4 Å². The van der Waals surface area contributed by atoms with Gasteiger partial charge in [-0.05, 0) is 58.2 Å². The van der Waals surface area contributed by atoms with Gasteiger partial charge in [0.25, 0.3) is 5.56 Å². The number of nitrogens with one attached hydrogen (secondary N) is 1. The number of aromatic nitrogens is 4. The lowest BCUT2D eigenvalue weighted by atomic mass is 9.95. The van der Waals surface area contributed by atoms with Crippen LogP contribution in [0.1, 0.15) is 60.3 Å². The minimum atomic E-state index is -0.181. The monoisotopic (exact) mass is 489 g/mol. The summed E-state index contributed by atoms with van der Waals surface area (Å²) in [5.41, 5.74) is 6.43. The van der Waals surface area contributed by atoms with E-state index in [1.54, 1.807) is 4.40 Å². The largest absolute Gasteiger partial charge is 0.353 e. The van der Waals surface area contributed by atoms with Gasteiger partial charge in [0.2, 0.25) is 5.91 Å². The lowest BCUT2D eigenvalue weighted by molar-refractivity contribution is -0.121. The van der Waals surface area contributed by atoms with Crippen LogP contribution in [-0.2, 0) is 11.2 Å². The molecule has 0 aliphatic heterocycles. The summed E-state index contributed by atoms with van der Waals surface area (Å²) in [5.74, 6) is -0.0411. The van der Waals surface area contributed by atoms with Crippen molar-refractivity contribution in [2.45, 2.75) is 72.3 Å². The summed E-state index contributed by atoms with van der Waals surface area (Å²) in [5, 5.41) is 9.83. The molecule has 35 heavy (non-hydrogen) atoms. The van der Waals surface area contributed by atoms with E-state index in [-0.39, 0.29) is 23.9 Å². The van der Waals surface area contributed by atoms with E-state index < -0.39 is 0 Å². The average molecular weight is 490 g/mol. The highest BCUT2D eigenvalue weighted by atomic mass is 32.1. The zero-order chi connectivity index (χ0) is 24.7. The number of hydrogen-bond donors (Lipinski definition) is 1. The minimum Gasteiger partial charge on any atom is -0.353 e. The molecule has 7 nitrogen and oxygen atoms in total. The van der Waals surface area contributed by atoms with Crippen LogP contribution < -0.4 is 10.9 Å². The van der Waals surface area contributed by atoms with Gasteiger partial charge in [-0.1, -0.05) is 37.0 Å². The molecule has 0 unspecified atom stereocenters. The van der Waals surface area contributed by atoms with E-state index in [0.29, 0.717) is 27.6 Å². The molecule has 0 saturated heterocycles. The third-order valence-corrected chi connectivity index (χ3v) is 7.73. The Kier molecular flexibility index (Phi) is 6.32. The number of rotatable bonds is 5. The number of benzene rings is 1. The Bertz CT molecular complexity index is 1470. The maximum Gasteiger partial charge on any atom is 0.268 e. The molecule has 1 N–H and O–H groups in total. The van der Waals surface area contributed by atoms with Crippen molar-refractivity contribution in [3.05, 3.63) is 68.2 Å². The number of amides is 1. The Labute approximate surface area is 208 Å². The number of carbonyl (C=O) groups excluding carboxylic acids is 1. The molecule has 8 heteroatoms. The van der Waals surface area contributed by atoms with Crippen molar-refractivity contribution in [3.63, 3.8) is 0 Å². The third kappa shape index (κ3) is 4.55. The molecule has 182 valence electrons. The molecule has 1 aliphatic rings. The van der Waals surface area contributed by atoms with Crippen molar-refractivity contribution in [1.82, 2.24) is 24.5 Å². The van der Waals surface area contributed by atoms with Crippen molar-refractivity contribution in [2.75, 3.05) is 0 Å². The van der Waals surface area contributed by atoms with Gasteiger partial charge in [-0.2, -0.15) is 5.10 Å². The van der Waals surface area contributed by atoms with Gasteiger partial charge >= 0.3 is 0 Å². The molecule has 1 fully saturated rings. The lowest BCUT2D eigenvalue weighted by Gasteiger charge is -2.22. The number of thiazole rings is 1. The zero-order valence-electron chi connectivity index (χ0n) is 20.7. The number of aryl methyl sites for hydroxylation is 4. The van der Waals surface area contributed by atoms with Gasteiger partial charge in [0.15, 0.2) is 4.96 Å². The summed E-state index contributed by atoms with van der Waals surface area (Å²) < 4.78 is 3.46. The Balaban J connectivity index is 1.51. The molecule has 3 aromatic heterocycles. The second kappa shape index (κ2) is 9.41. The van der Waals surface area contributed by atoms with E-state index in [1.807, 2.05) is 30.0 Å². The van der Waals surface area contributed by atoms with Crippen LogP contribution in [0.3, 0.4) is 0 Å². The number of fused-ring (bicyclic) bond motifs is 1. The highest BCUT2D eigenvalue weighted by Crippen LogP contribution is 2.25. The van der Waals surface area contributed by atoms with E-state index in [2.05, 4.69) is 37.4 Å². The van der Waals surface area contributed by atoms with Crippen molar-refractivity contribution in [1.29, 1.82) is 0 Å². The average Bonchev–Trinajstić information content (AvgIpc) is 3.37. The van der Waals surface area contributed by atoms with Crippen LogP contribution in [0.5, 0.6) is 0 Å². The molecule has 1 saturated carbocycles. The first-order valence-electron chi connectivity index (χ1n) is 12.3. The van der Waals surface area contributed by atoms with Crippen LogP contribution in [0.25, 0.3) is 21.9 Å². The maximum absolute atomic E-state index is 13.7. The number of hydrogen-bond acceptors (Lipinski definition) is 5. The Morgan fingerprint density at radius 2 is 1.89 bits per heavy atom. The fraction of sp³-hybridized carbons (Fsp3) is 0.407. The van der Waals surface area contributed by atoms with E-state index in [4.69, 9.17) is 10.1 Å². The zero-order valence-corrected chi connectivity index (χ0v) is 21.5. The summed E-state index contributed by atoms with van der Waals surface area (Å²) in [4.78, 5) is 31.8. The molecule has 0 bridgehead atoms. The first-order valence-corrected chi connectivity index (χ1v) is 13.1. The second-order valence-electron chi connectivity index (χ2n) is 9.67. The minimum absolute atomic E-state index is 0.0411. The summed E-state index contributed by atoms with van der Waals surface area (Å²) in [6, 6.07) is 8.41. The highest BCUT2D eigenvalue weighted by Gasteiger charge is 2.21. The van der Waals surface area contributed by atoms with Crippen LogP contribution in [0, 0.1) is 27.7 Å². The molecule has 1 aromatic carbocycles. The molecule has 1 amide bonds. The van der Waals surface area contributed by atoms with E-state index in [0.717, 1.165) is 42.6 Å². The Morgan fingerprint density at radius 1 is 1.11 bits per heavy atom. The van der Waals surface area contributed by atoms with Gasteiger partial charge in [-0.3, -0.25) is 14.0 Å². The third-order valence-electron chi connectivity index (χ3n) is 6.86. The van der Waals surface area contributed by atoms with Gasteiger partial charge in [-0.25, -0.2) is 9.67 Å². The number of carbonyl (C=O) groups is 1. The lowest BCUT2D eigenvalue weighted by Crippen LogP contribution is -2.37. The summed E-state index contributed by atoms with van der Waals surface area (Å²) in [6.07, 6.45) is 5.78. The summed E-state index contributed by atoms with van der Waals surface area (Å²) in [7, 11) is 0. The van der Waals surface area contributed by atoms with Gasteiger partial charge in [-0.15, -0.1) is 11.3 Å². The van der Waals surface area contributed by atoms with Crippen LogP contribution in [0.2, 0.25) is 0 Å². The van der Waals surface area contributed by atoms with Gasteiger partial charge in [0, 0.05) is 22.8 Å². The quantitative estimate of drug-likeness (QED) is 0.435. The van der Waals surface area contributed by atoms with Crippen molar-refractivity contribution in [2.24, 2.45) is 0 Å². The Hall–Kier alpha value is -3.26. The fourth-order valence-corrected chi connectivity index (χ4v) is 6.02. The first kappa shape index (κ1) is 23.5. The van der Waals surface area contributed by atoms with Crippen molar-refractivity contribution in [3.8, 4) is 16.9 Å². The SMILES string of the molecule is Cc1ccc(-n2nc(-c3c(C)nc4scc(CC(=O)NC5CCCCC5)n4c3=O)cc2C)c(C)c1. The standard InChI is InChI=1S/C27H31N5O2S/c1-16-10-11-23(17(2)12-16)32-18(3)13-22(30-32)25-19(4)28-27-31(26(25)34)21(15-35-27)14-24(33)29-20-8-6-5-7-9-20/h10-13,15,20H,5-9,14H2,1-4H3,(H,29,33). The molecule has 3 heterocycles. The Morgan fingerprint density at radius 3 is 2.63 bits per heavy atom. The van der Waals surface area contributed by atoms with Crippen molar-refractivity contribution >= 4 is 22.2 Å². The van der Waals surface area contributed by atoms with Crippen LogP contribution in [0.4, 0.5) is 0 Å². The second-order valence-corrected chi connectivity index (χ2v) is 10.5. The summed E-state index contributed by atoms with van der Waals surface area (Å²) in [6.45, 7) is 7.96. The molecular formula is C27H31N5O2S. The van der Waals surface area contributed by atoms with Crippen LogP contribution >= 0.6 is 11.3 Å². The number of nitrogens with zero attached hydrogens (tertiary/aromatic N) is 4. The fourth-order valence-electron chi connectivity index (χ4n) is 5.10. The predicted octanol–water partition coefficient (Wildman–Crippen LogP) is 4.83. The first-order chi connectivity index (χ1) is 16.8. The molecule has 4 aromatic rings. The topological polar surface area (TPSA) is 81.3 Å². The highest BCUT2D eigenvalue weighted by molar-refractivity contribution is 7.15. The molecule has 0 radical (unpaired) electrons. The molecular weight excluding hydrogens is 458 g/mol. The van der Waals surface area contributed by atoms with Gasteiger partial charge in [0.1, 0.15) is 5.69 Å². The smallest absolute Gasteiger partial charge is 0.268 e. The van der Waals surface area contributed by atoms with Crippen molar-refractivity contribution < 1.29 is 4.79 Å². The van der Waals surface area contributed by atoms with E-state index in [1.165, 1.54) is 23.3 Å². The predicted molar refractivity (Wildman–Crippen MR) is 140 cm³/mol. The molecule has 0 spiro atoms. The van der Waals surface area contributed by atoms with E-state index >= 15 is 0 Å². The van der Waals surface area contributed by atoms with Crippen LogP contribution in [-0.4, -0.2) is 31.1 Å². The molecule has 1 aliphatic carbocycles. The molecule has 0 atom stereocenters. The maximum atomic E-state index is 13.7. The summed E-state index contributed by atoms with van der Waals surface area (Å²) >= 11 is 1.39. The van der Waals surface area contributed by atoms with Gasteiger partial charge < -0.3 is 5.32 Å². The molecule has 5 rings (SSSR count). The normalized spacial score (nSPS) is 14.5. The van der Waals surface area contributed by atoms with E-state index in [9.17, 15) is 9.59 Å². The van der Waals surface area contributed by atoms with Crippen LogP contribution in [0.15, 0.2) is 34.4 Å².